The molecule has 0 aliphatic carbocycles. The van der Waals surface area contributed by atoms with Crippen molar-refractivity contribution in [1.82, 2.24) is 0 Å². The molecule has 2 N–H and O–H groups in total. The van der Waals surface area contributed by atoms with E-state index in [1.54, 1.807) is 0 Å². The molecule has 6 nitrogen and oxygen atoms in total. The molecule has 0 amide bonds. The Balaban J connectivity index is 0. The summed E-state index contributed by atoms with van der Waals surface area (Å²) in [6.07, 6.45) is 3.83. The number of unbranched alkanes of at least 4 members (excludes halogenated alkanes) is 2. The highest BCUT2D eigenvalue weighted by Gasteiger charge is 1.98. The molecular formula is C8H18O6S. The summed E-state index contributed by atoms with van der Waals surface area (Å²) in [5.74, 6) is -0.0593. The average molecular weight is 242 g/mol. The summed E-state index contributed by atoms with van der Waals surface area (Å²) in [4.78, 5) is 10.7. The summed E-state index contributed by atoms with van der Waals surface area (Å²) < 4.78 is 36.3. The number of hydrogen-bond acceptors (Lipinski definition) is 4. The summed E-state index contributed by atoms with van der Waals surface area (Å²) in [7, 11) is -4.67. The van der Waals surface area contributed by atoms with Crippen LogP contribution in [0.5, 0.6) is 0 Å². The van der Waals surface area contributed by atoms with Gasteiger partial charge in [0.25, 0.3) is 0 Å². The van der Waals surface area contributed by atoms with Gasteiger partial charge in [0.2, 0.25) is 0 Å². The number of ether oxygens (including phenoxy) is 1. The third-order valence-electron chi connectivity index (χ3n) is 1.29. The van der Waals surface area contributed by atoms with Crippen LogP contribution in [0, 0.1) is 0 Å². The second kappa shape index (κ2) is 9.88. The molecule has 92 valence electrons. The van der Waals surface area contributed by atoms with E-state index in [4.69, 9.17) is 22.3 Å². The van der Waals surface area contributed by atoms with E-state index in [0.29, 0.717) is 13.0 Å². The van der Waals surface area contributed by atoms with Crippen LogP contribution in [0.15, 0.2) is 0 Å². The van der Waals surface area contributed by atoms with Crippen molar-refractivity contribution in [1.29, 1.82) is 0 Å². The van der Waals surface area contributed by atoms with Crippen molar-refractivity contribution in [3.8, 4) is 0 Å². The third kappa shape index (κ3) is 31.8. The van der Waals surface area contributed by atoms with Crippen molar-refractivity contribution < 1.29 is 27.1 Å². The highest BCUT2D eigenvalue weighted by molar-refractivity contribution is 7.79. The number of hydrogen-bond donors (Lipinski definition) is 2. The molecule has 0 unspecified atom stereocenters. The van der Waals surface area contributed by atoms with E-state index in [-0.39, 0.29) is 5.97 Å². The minimum Gasteiger partial charge on any atom is -0.466 e. The first-order valence-corrected chi connectivity index (χ1v) is 6.06. The van der Waals surface area contributed by atoms with Crippen LogP contribution in [0.25, 0.3) is 0 Å². The van der Waals surface area contributed by atoms with Crippen molar-refractivity contribution in [3.05, 3.63) is 0 Å². The smallest absolute Gasteiger partial charge is 0.394 e. The molecule has 0 aliphatic heterocycles. The van der Waals surface area contributed by atoms with E-state index in [9.17, 15) is 4.79 Å². The van der Waals surface area contributed by atoms with Crippen molar-refractivity contribution in [2.24, 2.45) is 0 Å². The lowest BCUT2D eigenvalue weighted by molar-refractivity contribution is -0.143. The lowest BCUT2D eigenvalue weighted by atomic mass is 10.2. The molecule has 7 heteroatoms. The van der Waals surface area contributed by atoms with Gasteiger partial charge >= 0.3 is 16.4 Å². The molecule has 0 rings (SSSR count). The van der Waals surface area contributed by atoms with Crippen LogP contribution in [-0.2, 0) is 19.9 Å². The Morgan fingerprint density at radius 3 is 2.00 bits per heavy atom. The Bertz CT molecular complexity index is 238. The van der Waals surface area contributed by atoms with E-state index in [2.05, 4.69) is 6.92 Å². The molecule has 0 aliphatic rings. The second-order valence-corrected chi connectivity index (χ2v) is 3.61. The average Bonchev–Trinajstić information content (AvgIpc) is 2.02. The SMILES string of the molecule is CCCCCC(=O)OCC.O=S(=O)(O)O. The van der Waals surface area contributed by atoms with Crippen molar-refractivity contribution in [2.45, 2.75) is 39.5 Å². The summed E-state index contributed by atoms with van der Waals surface area (Å²) in [5.41, 5.74) is 0. The quantitative estimate of drug-likeness (QED) is 0.430. The van der Waals surface area contributed by atoms with Gasteiger partial charge in [-0.2, -0.15) is 8.42 Å². The molecule has 0 heterocycles. The zero-order chi connectivity index (χ0) is 12.3. The van der Waals surface area contributed by atoms with Gasteiger partial charge in [0.15, 0.2) is 0 Å². The Hall–Kier alpha value is -0.660. The molecule has 0 radical (unpaired) electrons. The van der Waals surface area contributed by atoms with Gasteiger partial charge < -0.3 is 4.74 Å². The van der Waals surface area contributed by atoms with Gasteiger partial charge in [-0.05, 0) is 13.3 Å². The van der Waals surface area contributed by atoms with Crippen molar-refractivity contribution >= 4 is 16.4 Å². The molecule has 0 bridgehead atoms. The number of carbonyl (C=O) groups excluding carboxylic acids is 1. The maximum Gasteiger partial charge on any atom is 0.394 e. The first-order valence-electron chi connectivity index (χ1n) is 4.66. The molecule has 0 aromatic carbocycles. The van der Waals surface area contributed by atoms with Gasteiger partial charge in [0, 0.05) is 6.42 Å². The molecule has 0 spiro atoms. The maximum absolute atomic E-state index is 10.7. The fourth-order valence-electron chi connectivity index (χ4n) is 0.752. The Labute approximate surface area is 90.2 Å². The standard InChI is InChI=1S/C8H16O2.H2O4S/c1-3-5-6-7-8(9)10-4-2;1-5(2,3)4/h3-7H2,1-2H3;(H2,1,2,3,4). The summed E-state index contributed by atoms with van der Waals surface area (Å²) in [6.45, 7) is 4.45. The topological polar surface area (TPSA) is 101 Å². The van der Waals surface area contributed by atoms with E-state index < -0.39 is 10.4 Å². The van der Waals surface area contributed by atoms with Crippen molar-refractivity contribution in [2.75, 3.05) is 6.61 Å². The molecule has 15 heavy (non-hydrogen) atoms. The Morgan fingerprint density at radius 2 is 1.67 bits per heavy atom. The maximum atomic E-state index is 10.7. The minimum atomic E-state index is -4.67. The molecule has 0 aromatic rings. The van der Waals surface area contributed by atoms with Gasteiger partial charge in [-0.3, -0.25) is 13.9 Å². The highest BCUT2D eigenvalue weighted by Crippen LogP contribution is 1.99. The molecule has 0 fully saturated rings. The number of rotatable bonds is 5. The molecule has 0 saturated carbocycles. The fourth-order valence-corrected chi connectivity index (χ4v) is 0.752. The first-order chi connectivity index (χ1) is 6.81. The van der Waals surface area contributed by atoms with Gasteiger partial charge in [-0.25, -0.2) is 0 Å². The van der Waals surface area contributed by atoms with Gasteiger partial charge in [0.1, 0.15) is 0 Å². The van der Waals surface area contributed by atoms with E-state index in [0.717, 1.165) is 19.3 Å². The molecular weight excluding hydrogens is 224 g/mol. The fraction of sp³-hybridized carbons (Fsp3) is 0.875. The lowest BCUT2D eigenvalue weighted by Gasteiger charge is -1.99. The summed E-state index contributed by atoms with van der Waals surface area (Å²) in [5, 5.41) is 0. The summed E-state index contributed by atoms with van der Waals surface area (Å²) in [6, 6.07) is 0. The lowest BCUT2D eigenvalue weighted by Crippen LogP contribution is -2.02. The predicted molar refractivity (Wildman–Crippen MR) is 55.0 cm³/mol. The predicted octanol–water partition coefficient (Wildman–Crippen LogP) is 1.48. The van der Waals surface area contributed by atoms with Crippen LogP contribution in [0.4, 0.5) is 0 Å². The molecule has 0 saturated heterocycles. The zero-order valence-corrected chi connectivity index (χ0v) is 9.79. The summed E-state index contributed by atoms with van der Waals surface area (Å²) >= 11 is 0. The zero-order valence-electron chi connectivity index (χ0n) is 8.97. The van der Waals surface area contributed by atoms with Gasteiger partial charge in [-0.15, -0.1) is 0 Å². The minimum absolute atomic E-state index is 0.0593. The molecule has 0 aromatic heterocycles. The Kier molecular flexibility index (Phi) is 11.0. The first kappa shape index (κ1) is 16.8. The normalized spacial score (nSPS) is 10.1. The van der Waals surface area contributed by atoms with Gasteiger partial charge in [-0.1, -0.05) is 19.8 Å². The number of carbonyl (C=O) groups is 1. The van der Waals surface area contributed by atoms with Crippen LogP contribution in [0.1, 0.15) is 39.5 Å². The largest absolute Gasteiger partial charge is 0.466 e. The van der Waals surface area contributed by atoms with E-state index in [1.165, 1.54) is 0 Å². The number of esters is 1. The monoisotopic (exact) mass is 242 g/mol. The van der Waals surface area contributed by atoms with Crippen LogP contribution >= 0.6 is 0 Å². The second-order valence-electron chi connectivity index (χ2n) is 2.71. The molecule has 0 atom stereocenters. The van der Waals surface area contributed by atoms with Crippen LogP contribution < -0.4 is 0 Å². The van der Waals surface area contributed by atoms with Crippen LogP contribution in [0.3, 0.4) is 0 Å². The Morgan fingerprint density at radius 1 is 1.20 bits per heavy atom. The third-order valence-corrected chi connectivity index (χ3v) is 1.29. The van der Waals surface area contributed by atoms with Gasteiger partial charge in [0.05, 0.1) is 6.61 Å². The van der Waals surface area contributed by atoms with Crippen LogP contribution in [0.2, 0.25) is 0 Å². The van der Waals surface area contributed by atoms with E-state index >= 15 is 0 Å². The van der Waals surface area contributed by atoms with Crippen molar-refractivity contribution in [3.63, 3.8) is 0 Å². The van der Waals surface area contributed by atoms with E-state index in [1.807, 2.05) is 6.92 Å². The van der Waals surface area contributed by atoms with Crippen LogP contribution in [-0.4, -0.2) is 30.1 Å². The highest BCUT2D eigenvalue weighted by atomic mass is 32.3.